The minimum Gasteiger partial charge on any atom is -0.381 e. The van der Waals surface area contributed by atoms with Gasteiger partial charge in [0, 0.05) is 33.0 Å². The molecule has 0 aromatic rings. The maximum atomic E-state index is 10.9. The van der Waals surface area contributed by atoms with Crippen LogP contribution in [0.4, 0.5) is 0 Å². The van der Waals surface area contributed by atoms with Gasteiger partial charge in [-0.05, 0) is 12.8 Å². The van der Waals surface area contributed by atoms with Gasteiger partial charge in [-0.1, -0.05) is 20.8 Å². The van der Waals surface area contributed by atoms with Gasteiger partial charge in [0.05, 0.1) is 6.10 Å². The second kappa shape index (κ2) is 13.7. The summed E-state index contributed by atoms with van der Waals surface area (Å²) < 4.78 is 5.20. The molecule has 5 nitrogen and oxygen atoms in total. The minimum atomic E-state index is -0.231. The average molecular weight is 258 g/mol. The van der Waals surface area contributed by atoms with Crippen molar-refractivity contribution in [3.8, 4) is 0 Å². The van der Waals surface area contributed by atoms with Crippen LogP contribution in [0, 0.1) is 0 Å². The van der Waals surface area contributed by atoms with Crippen LogP contribution in [0.25, 0.3) is 0 Å². The molecule has 2 amide bonds. The first-order valence-corrected chi connectivity index (χ1v) is 6.31. The molecule has 0 aliphatic carbocycles. The van der Waals surface area contributed by atoms with Gasteiger partial charge in [0.2, 0.25) is 12.3 Å². The predicted molar refractivity (Wildman–Crippen MR) is 73.0 cm³/mol. The molecule has 0 aliphatic heterocycles. The SMILES string of the molecule is CC.CCC(CCN(C=O)/C=C\C(=O)NC)OC. The number of carbonyl (C=O) groups is 2. The Morgan fingerprint density at radius 2 is 2.06 bits per heavy atom. The second-order valence-corrected chi connectivity index (χ2v) is 3.33. The zero-order valence-electron chi connectivity index (χ0n) is 12.1. The molecule has 0 spiro atoms. The highest BCUT2D eigenvalue weighted by molar-refractivity contribution is 5.87. The summed E-state index contributed by atoms with van der Waals surface area (Å²) in [7, 11) is 3.19. The molecule has 1 N–H and O–H groups in total. The monoisotopic (exact) mass is 258 g/mol. The quantitative estimate of drug-likeness (QED) is 0.531. The molecule has 0 bridgehead atoms. The molecule has 0 aromatic heterocycles. The molecule has 106 valence electrons. The van der Waals surface area contributed by atoms with Crippen molar-refractivity contribution in [3.63, 3.8) is 0 Å². The molecular formula is C13H26N2O3. The number of methoxy groups -OCH3 is 1. The van der Waals surface area contributed by atoms with Gasteiger partial charge in [-0.25, -0.2) is 0 Å². The summed E-state index contributed by atoms with van der Waals surface area (Å²) in [4.78, 5) is 23.0. The van der Waals surface area contributed by atoms with Crippen LogP contribution in [0.3, 0.4) is 0 Å². The first-order chi connectivity index (χ1) is 8.67. The van der Waals surface area contributed by atoms with Crippen molar-refractivity contribution < 1.29 is 14.3 Å². The lowest BCUT2D eigenvalue weighted by Gasteiger charge is -2.17. The van der Waals surface area contributed by atoms with Crippen LogP contribution in [0.15, 0.2) is 12.3 Å². The summed E-state index contributed by atoms with van der Waals surface area (Å²) >= 11 is 0. The first kappa shape index (κ1) is 19.0. The van der Waals surface area contributed by atoms with Gasteiger partial charge < -0.3 is 15.0 Å². The maximum absolute atomic E-state index is 10.9. The zero-order valence-corrected chi connectivity index (χ0v) is 12.1. The second-order valence-electron chi connectivity index (χ2n) is 3.33. The van der Waals surface area contributed by atoms with Crippen LogP contribution in [-0.2, 0) is 14.3 Å². The molecule has 0 fully saturated rings. The largest absolute Gasteiger partial charge is 0.381 e. The maximum Gasteiger partial charge on any atom is 0.245 e. The number of nitrogens with one attached hydrogen (secondary N) is 1. The molecular weight excluding hydrogens is 232 g/mol. The van der Waals surface area contributed by atoms with E-state index in [0.717, 1.165) is 12.8 Å². The van der Waals surface area contributed by atoms with Crippen molar-refractivity contribution in [2.24, 2.45) is 0 Å². The van der Waals surface area contributed by atoms with Crippen LogP contribution in [0.5, 0.6) is 0 Å². The van der Waals surface area contributed by atoms with E-state index in [1.807, 2.05) is 20.8 Å². The van der Waals surface area contributed by atoms with E-state index in [-0.39, 0.29) is 12.0 Å². The molecule has 0 rings (SSSR count). The van der Waals surface area contributed by atoms with Crippen LogP contribution in [-0.4, -0.2) is 44.0 Å². The van der Waals surface area contributed by atoms with Gasteiger partial charge in [0.1, 0.15) is 0 Å². The Bertz CT molecular complexity index is 238. The van der Waals surface area contributed by atoms with E-state index in [9.17, 15) is 9.59 Å². The van der Waals surface area contributed by atoms with Gasteiger partial charge in [-0.15, -0.1) is 0 Å². The van der Waals surface area contributed by atoms with E-state index in [4.69, 9.17) is 4.74 Å². The standard InChI is InChI=1S/C11H20N2O3.C2H6/c1-4-10(16-3)5-7-13(9-14)8-6-11(15)12-2;1-2/h6,8-10H,4-5,7H2,1-3H3,(H,12,15);1-2H3/b8-6-;. The van der Waals surface area contributed by atoms with E-state index in [1.54, 1.807) is 7.11 Å². The van der Waals surface area contributed by atoms with E-state index < -0.39 is 0 Å². The van der Waals surface area contributed by atoms with Gasteiger partial charge in [-0.2, -0.15) is 0 Å². The van der Waals surface area contributed by atoms with E-state index in [0.29, 0.717) is 13.0 Å². The van der Waals surface area contributed by atoms with E-state index >= 15 is 0 Å². The Hall–Kier alpha value is -1.36. The van der Waals surface area contributed by atoms with Crippen LogP contribution in [0.2, 0.25) is 0 Å². The number of nitrogens with zero attached hydrogens (tertiary/aromatic N) is 1. The van der Waals surface area contributed by atoms with Crippen molar-refractivity contribution in [3.05, 3.63) is 12.3 Å². The molecule has 1 unspecified atom stereocenters. The number of ether oxygens (including phenoxy) is 1. The summed E-state index contributed by atoms with van der Waals surface area (Å²) in [6, 6.07) is 0. The number of likely N-dealkylation sites (N-methyl/N-ethyl adjacent to an activating group) is 1. The van der Waals surface area contributed by atoms with Crippen molar-refractivity contribution in [2.75, 3.05) is 20.7 Å². The molecule has 5 heteroatoms. The van der Waals surface area contributed by atoms with E-state index in [2.05, 4.69) is 5.32 Å². The fourth-order valence-corrected chi connectivity index (χ4v) is 1.19. The average Bonchev–Trinajstić information content (AvgIpc) is 2.44. The summed E-state index contributed by atoms with van der Waals surface area (Å²) in [5.74, 6) is -0.231. The number of hydrogen-bond acceptors (Lipinski definition) is 3. The lowest BCUT2D eigenvalue weighted by molar-refractivity contribution is -0.116. The Labute approximate surface area is 110 Å². The number of rotatable bonds is 8. The third-order valence-corrected chi connectivity index (χ3v) is 2.30. The molecule has 18 heavy (non-hydrogen) atoms. The van der Waals surface area contributed by atoms with Crippen molar-refractivity contribution in [1.29, 1.82) is 0 Å². The van der Waals surface area contributed by atoms with Gasteiger partial charge in [0.15, 0.2) is 0 Å². The Kier molecular flexibility index (Phi) is 14.5. The summed E-state index contributed by atoms with van der Waals surface area (Å²) in [6.45, 7) is 6.57. The molecule has 0 aliphatic rings. The first-order valence-electron chi connectivity index (χ1n) is 6.31. The highest BCUT2D eigenvalue weighted by Gasteiger charge is 2.06. The normalized spacial score (nSPS) is 11.4. The fourth-order valence-electron chi connectivity index (χ4n) is 1.19. The molecule has 0 saturated heterocycles. The van der Waals surface area contributed by atoms with E-state index in [1.165, 1.54) is 24.2 Å². The molecule has 0 saturated carbocycles. The van der Waals surface area contributed by atoms with Crippen LogP contribution < -0.4 is 5.32 Å². The predicted octanol–water partition coefficient (Wildman–Crippen LogP) is 1.55. The lowest BCUT2D eigenvalue weighted by Crippen LogP contribution is -2.23. The fraction of sp³-hybridized carbons (Fsp3) is 0.692. The van der Waals surface area contributed by atoms with Crippen molar-refractivity contribution in [2.45, 2.75) is 39.7 Å². The Balaban J connectivity index is 0. The van der Waals surface area contributed by atoms with Crippen molar-refractivity contribution in [1.82, 2.24) is 10.2 Å². The highest BCUT2D eigenvalue weighted by atomic mass is 16.5. The highest BCUT2D eigenvalue weighted by Crippen LogP contribution is 2.03. The summed E-state index contributed by atoms with van der Waals surface area (Å²) in [5, 5.41) is 2.44. The van der Waals surface area contributed by atoms with Gasteiger partial charge >= 0.3 is 0 Å². The summed E-state index contributed by atoms with van der Waals surface area (Å²) in [5.41, 5.74) is 0. The summed E-state index contributed by atoms with van der Waals surface area (Å²) in [6.07, 6.45) is 5.29. The third-order valence-electron chi connectivity index (χ3n) is 2.30. The minimum absolute atomic E-state index is 0.149. The topological polar surface area (TPSA) is 58.6 Å². The zero-order chi connectivity index (χ0) is 14.4. The lowest BCUT2D eigenvalue weighted by atomic mass is 10.2. The molecule has 1 atom stereocenters. The Morgan fingerprint density at radius 1 is 1.44 bits per heavy atom. The smallest absolute Gasteiger partial charge is 0.245 e. The van der Waals surface area contributed by atoms with Gasteiger partial charge in [0.25, 0.3) is 0 Å². The Morgan fingerprint density at radius 3 is 2.44 bits per heavy atom. The number of amides is 2. The number of carbonyl (C=O) groups excluding carboxylic acids is 2. The third kappa shape index (κ3) is 9.84. The molecule has 0 heterocycles. The van der Waals surface area contributed by atoms with Crippen LogP contribution >= 0.6 is 0 Å². The molecule has 0 radical (unpaired) electrons. The number of hydrogen-bond donors (Lipinski definition) is 1. The van der Waals surface area contributed by atoms with Crippen molar-refractivity contribution >= 4 is 12.3 Å². The van der Waals surface area contributed by atoms with Crippen LogP contribution in [0.1, 0.15) is 33.6 Å². The van der Waals surface area contributed by atoms with Gasteiger partial charge in [-0.3, -0.25) is 9.59 Å². The molecule has 0 aromatic carbocycles.